The maximum atomic E-state index is 13.3. The third kappa shape index (κ3) is 2.93. The van der Waals surface area contributed by atoms with Gasteiger partial charge in [0.1, 0.15) is 10.7 Å². The van der Waals surface area contributed by atoms with E-state index in [9.17, 15) is 12.8 Å². The summed E-state index contributed by atoms with van der Waals surface area (Å²) in [5, 5.41) is 0. The number of piperidine rings is 1. The maximum absolute atomic E-state index is 13.3. The van der Waals surface area contributed by atoms with E-state index in [2.05, 4.69) is 22.9 Å². The van der Waals surface area contributed by atoms with Crippen LogP contribution in [0.25, 0.3) is 0 Å². The molecular formula is C12H16BrFN2O2S. The Labute approximate surface area is 121 Å². The lowest BCUT2D eigenvalue weighted by Crippen LogP contribution is -2.38. The summed E-state index contributed by atoms with van der Waals surface area (Å²) in [6, 6.07) is 2.27. The first-order chi connectivity index (χ1) is 8.82. The minimum absolute atomic E-state index is 0.0321. The number of hydrogen-bond acceptors (Lipinski definition) is 3. The number of hydrogen-bond donors (Lipinski definition) is 1. The molecule has 1 aliphatic heterocycles. The highest BCUT2D eigenvalue weighted by Crippen LogP contribution is 2.30. The first kappa shape index (κ1) is 14.7. The summed E-state index contributed by atoms with van der Waals surface area (Å²) in [5.41, 5.74) is 5.59. The van der Waals surface area contributed by atoms with Crippen LogP contribution < -0.4 is 5.73 Å². The molecule has 0 radical (unpaired) electrons. The van der Waals surface area contributed by atoms with Crippen molar-refractivity contribution in [2.24, 2.45) is 5.92 Å². The predicted molar refractivity (Wildman–Crippen MR) is 75.7 cm³/mol. The molecule has 1 aromatic rings. The Hall–Kier alpha value is -0.660. The molecule has 0 amide bonds. The molecule has 0 unspecified atom stereocenters. The average molecular weight is 351 g/mol. The van der Waals surface area contributed by atoms with E-state index in [1.54, 1.807) is 0 Å². The minimum Gasteiger partial charge on any atom is -0.398 e. The molecule has 0 bridgehead atoms. The monoisotopic (exact) mass is 350 g/mol. The van der Waals surface area contributed by atoms with Gasteiger partial charge in [-0.1, -0.05) is 6.92 Å². The van der Waals surface area contributed by atoms with Crippen molar-refractivity contribution in [2.75, 3.05) is 18.8 Å². The molecule has 1 fully saturated rings. The lowest BCUT2D eigenvalue weighted by Gasteiger charge is -2.29. The van der Waals surface area contributed by atoms with Crippen LogP contribution in [0, 0.1) is 11.7 Å². The molecule has 0 aromatic heterocycles. The van der Waals surface area contributed by atoms with Crippen LogP contribution >= 0.6 is 15.9 Å². The van der Waals surface area contributed by atoms with Gasteiger partial charge >= 0.3 is 0 Å². The Morgan fingerprint density at radius 1 is 1.37 bits per heavy atom. The fourth-order valence-electron chi connectivity index (χ4n) is 2.13. The number of sulfonamides is 1. The summed E-state index contributed by atoms with van der Waals surface area (Å²) in [5.74, 6) is -0.0348. The summed E-state index contributed by atoms with van der Waals surface area (Å²) in [4.78, 5) is -0.0321. The van der Waals surface area contributed by atoms with Gasteiger partial charge in [0.05, 0.1) is 10.2 Å². The predicted octanol–water partition coefficient (Wildman–Crippen LogP) is 2.59. The van der Waals surface area contributed by atoms with Crippen molar-refractivity contribution >= 4 is 31.6 Å². The van der Waals surface area contributed by atoms with Crippen LogP contribution in [-0.2, 0) is 10.0 Å². The normalized spacial score (nSPS) is 18.7. The SMILES string of the molecule is CC1CCN(S(=O)(=O)c2cc(Br)c(F)cc2N)CC1. The quantitative estimate of drug-likeness (QED) is 0.833. The molecule has 1 aliphatic rings. The van der Waals surface area contributed by atoms with Crippen LogP contribution in [0.1, 0.15) is 19.8 Å². The van der Waals surface area contributed by atoms with Crippen molar-refractivity contribution in [3.63, 3.8) is 0 Å². The molecule has 4 nitrogen and oxygen atoms in total. The van der Waals surface area contributed by atoms with Crippen LogP contribution in [0.4, 0.5) is 10.1 Å². The van der Waals surface area contributed by atoms with Crippen molar-refractivity contribution in [3.05, 3.63) is 22.4 Å². The lowest BCUT2D eigenvalue weighted by molar-refractivity contribution is 0.288. The van der Waals surface area contributed by atoms with E-state index in [4.69, 9.17) is 5.73 Å². The molecular weight excluding hydrogens is 335 g/mol. The van der Waals surface area contributed by atoms with Gasteiger partial charge in [0.2, 0.25) is 10.0 Å². The minimum atomic E-state index is -3.64. The zero-order valence-electron chi connectivity index (χ0n) is 10.6. The maximum Gasteiger partial charge on any atom is 0.245 e. The zero-order chi connectivity index (χ0) is 14.2. The zero-order valence-corrected chi connectivity index (χ0v) is 13.0. The van der Waals surface area contributed by atoms with Crippen LogP contribution in [0.3, 0.4) is 0 Å². The van der Waals surface area contributed by atoms with Crippen LogP contribution in [0.5, 0.6) is 0 Å². The molecule has 1 aromatic carbocycles. The van der Waals surface area contributed by atoms with Crippen molar-refractivity contribution in [2.45, 2.75) is 24.7 Å². The van der Waals surface area contributed by atoms with Gasteiger partial charge in [0, 0.05) is 13.1 Å². The second-order valence-electron chi connectivity index (χ2n) is 4.89. The average Bonchev–Trinajstić information content (AvgIpc) is 2.34. The molecule has 7 heteroatoms. The fourth-order valence-corrected chi connectivity index (χ4v) is 4.22. The molecule has 1 heterocycles. The van der Waals surface area contributed by atoms with E-state index in [0.29, 0.717) is 19.0 Å². The number of benzene rings is 1. The van der Waals surface area contributed by atoms with Gasteiger partial charge in [-0.2, -0.15) is 4.31 Å². The number of rotatable bonds is 2. The van der Waals surface area contributed by atoms with E-state index in [1.165, 1.54) is 10.4 Å². The van der Waals surface area contributed by atoms with Gasteiger partial charge < -0.3 is 5.73 Å². The third-order valence-corrected chi connectivity index (χ3v) is 5.98. The van der Waals surface area contributed by atoms with Crippen molar-refractivity contribution in [1.82, 2.24) is 4.31 Å². The van der Waals surface area contributed by atoms with Crippen molar-refractivity contribution in [1.29, 1.82) is 0 Å². The van der Waals surface area contributed by atoms with Crippen molar-refractivity contribution in [3.8, 4) is 0 Å². The third-order valence-electron chi connectivity index (χ3n) is 3.41. The number of nitrogen functional groups attached to an aromatic ring is 1. The lowest BCUT2D eigenvalue weighted by atomic mass is 10.0. The number of anilines is 1. The highest BCUT2D eigenvalue weighted by Gasteiger charge is 2.30. The summed E-state index contributed by atoms with van der Waals surface area (Å²) in [6.45, 7) is 3.07. The van der Waals surface area contributed by atoms with E-state index in [0.717, 1.165) is 18.9 Å². The van der Waals surface area contributed by atoms with Crippen LogP contribution in [0.2, 0.25) is 0 Å². The fraction of sp³-hybridized carbons (Fsp3) is 0.500. The van der Waals surface area contributed by atoms with Gasteiger partial charge in [-0.05, 0) is 46.8 Å². The number of halogens is 2. The number of nitrogens with zero attached hydrogens (tertiary/aromatic N) is 1. The second kappa shape index (κ2) is 5.38. The molecule has 1 saturated heterocycles. The molecule has 0 saturated carbocycles. The van der Waals surface area contributed by atoms with Crippen LogP contribution in [-0.4, -0.2) is 25.8 Å². The molecule has 19 heavy (non-hydrogen) atoms. The van der Waals surface area contributed by atoms with E-state index >= 15 is 0 Å². The summed E-state index contributed by atoms with van der Waals surface area (Å²) < 4.78 is 39.8. The van der Waals surface area contributed by atoms with Gasteiger partial charge in [0.25, 0.3) is 0 Å². The van der Waals surface area contributed by atoms with Gasteiger partial charge in [0.15, 0.2) is 0 Å². The second-order valence-corrected chi connectivity index (χ2v) is 7.65. The number of nitrogens with two attached hydrogens (primary N) is 1. The van der Waals surface area contributed by atoms with E-state index in [1.807, 2.05) is 0 Å². The molecule has 106 valence electrons. The highest BCUT2D eigenvalue weighted by molar-refractivity contribution is 9.10. The van der Waals surface area contributed by atoms with E-state index < -0.39 is 15.8 Å². The Morgan fingerprint density at radius 2 is 1.95 bits per heavy atom. The Bertz CT molecular complexity index is 584. The van der Waals surface area contributed by atoms with Gasteiger partial charge in [-0.25, -0.2) is 12.8 Å². The molecule has 0 aliphatic carbocycles. The summed E-state index contributed by atoms with van der Waals surface area (Å²) in [6.07, 6.45) is 1.67. The molecule has 0 atom stereocenters. The van der Waals surface area contributed by atoms with Crippen molar-refractivity contribution < 1.29 is 12.8 Å². The Balaban J connectivity index is 2.37. The first-order valence-electron chi connectivity index (χ1n) is 6.07. The largest absolute Gasteiger partial charge is 0.398 e. The Morgan fingerprint density at radius 3 is 2.53 bits per heavy atom. The summed E-state index contributed by atoms with van der Waals surface area (Å²) >= 11 is 2.99. The Kier molecular flexibility index (Phi) is 4.17. The summed E-state index contributed by atoms with van der Waals surface area (Å²) in [7, 11) is -3.64. The molecule has 2 N–H and O–H groups in total. The molecule has 2 rings (SSSR count). The van der Waals surface area contributed by atoms with E-state index in [-0.39, 0.29) is 15.1 Å². The van der Waals surface area contributed by atoms with Crippen LogP contribution in [0.15, 0.2) is 21.5 Å². The topological polar surface area (TPSA) is 63.4 Å². The standard InChI is InChI=1S/C12H16BrFN2O2S/c1-8-2-4-16(5-3-8)19(17,18)12-6-9(13)10(14)7-11(12)15/h6-8H,2-5,15H2,1H3. The molecule has 0 spiro atoms. The highest BCUT2D eigenvalue weighted by atomic mass is 79.9. The first-order valence-corrected chi connectivity index (χ1v) is 8.30. The van der Waals surface area contributed by atoms with Gasteiger partial charge in [-0.3, -0.25) is 0 Å². The van der Waals surface area contributed by atoms with Gasteiger partial charge in [-0.15, -0.1) is 0 Å². The smallest absolute Gasteiger partial charge is 0.245 e.